The maximum absolute atomic E-state index is 13.5. The van der Waals surface area contributed by atoms with Crippen LogP contribution in [0.4, 0.5) is 0 Å². The number of carbonyl (C=O) groups is 3. The van der Waals surface area contributed by atoms with Gasteiger partial charge >= 0.3 is 0 Å². The second-order valence-corrected chi connectivity index (χ2v) is 12.0. The summed E-state index contributed by atoms with van der Waals surface area (Å²) in [5, 5.41) is 9.88. The molecule has 2 aromatic carbocycles. The lowest BCUT2D eigenvalue weighted by Gasteiger charge is -2.21. The van der Waals surface area contributed by atoms with Gasteiger partial charge in [0.1, 0.15) is 17.4 Å². The summed E-state index contributed by atoms with van der Waals surface area (Å²) >= 11 is 6.31. The van der Waals surface area contributed by atoms with E-state index in [1.165, 1.54) is 4.90 Å². The number of nitrogens with zero attached hydrogens (tertiary/aromatic N) is 4. The first-order valence-electron chi connectivity index (χ1n) is 14.4. The lowest BCUT2D eigenvalue weighted by atomic mass is 9.93. The van der Waals surface area contributed by atoms with E-state index in [4.69, 9.17) is 11.6 Å². The number of amides is 2. The highest BCUT2D eigenvalue weighted by molar-refractivity contribution is 6.31. The highest BCUT2D eigenvalue weighted by atomic mass is 35.5. The number of aromatic nitrogens is 3. The van der Waals surface area contributed by atoms with E-state index in [0.717, 1.165) is 54.9 Å². The number of Topliss-reactive ketones (excluding diaryl/α,β-unsaturated/α-hetero) is 1. The third-order valence-electron chi connectivity index (χ3n) is 8.07. The van der Waals surface area contributed by atoms with Crippen molar-refractivity contribution in [3.05, 3.63) is 81.4 Å². The highest BCUT2D eigenvalue weighted by Gasteiger charge is 2.37. The van der Waals surface area contributed by atoms with Gasteiger partial charge < -0.3 is 4.57 Å². The third-order valence-corrected chi connectivity index (χ3v) is 8.48. The molecule has 7 nitrogen and oxygen atoms in total. The smallest absolute Gasteiger partial charge is 0.261 e. The molecule has 1 aromatic heterocycles. The van der Waals surface area contributed by atoms with Gasteiger partial charge in [0.25, 0.3) is 11.8 Å². The number of ketones is 1. The molecular weight excluding hydrogens is 524 g/mol. The van der Waals surface area contributed by atoms with Gasteiger partial charge in [-0.05, 0) is 67.9 Å². The molecule has 0 spiro atoms. The fraction of sp³-hybridized carbons (Fsp3) is 0.469. The number of fused-ring (bicyclic) bond motifs is 1. The summed E-state index contributed by atoms with van der Waals surface area (Å²) in [4.78, 5) is 40.9. The van der Waals surface area contributed by atoms with Gasteiger partial charge in [0.05, 0.1) is 11.1 Å². The van der Waals surface area contributed by atoms with E-state index in [1.54, 1.807) is 24.3 Å². The molecule has 3 aromatic rings. The Morgan fingerprint density at radius 2 is 1.70 bits per heavy atom. The quantitative estimate of drug-likeness (QED) is 0.222. The summed E-state index contributed by atoms with van der Waals surface area (Å²) in [5.74, 6) is 1.65. The number of carbonyl (C=O) groups excluding carboxylic acids is 3. The number of rotatable bonds is 13. The molecule has 1 atom stereocenters. The van der Waals surface area contributed by atoms with Crippen LogP contribution in [0.1, 0.15) is 108 Å². The van der Waals surface area contributed by atoms with E-state index in [2.05, 4.69) is 28.6 Å². The van der Waals surface area contributed by atoms with Gasteiger partial charge in [0.15, 0.2) is 0 Å². The fourth-order valence-corrected chi connectivity index (χ4v) is 5.83. The van der Waals surface area contributed by atoms with Crippen LogP contribution < -0.4 is 0 Å². The molecule has 1 fully saturated rings. The minimum Gasteiger partial charge on any atom is -0.312 e. The number of aryl methyl sites for hydroxylation is 1. The average molecular weight is 561 g/mol. The standard InChI is InChI=1S/C32H37ClN4O3/c1-20(2)8-6-13-29-34-35-30(37(29)24-14-15-24)23(19-25(38)18-22-9-7-12-28(33)21(22)3)16-17-36-31(39)26-10-4-5-11-27(26)32(36)40/h4-5,7,9-12,20,23-24H,6,8,13-19H2,1-3H3. The van der Waals surface area contributed by atoms with Crippen LogP contribution in [0.5, 0.6) is 0 Å². The van der Waals surface area contributed by atoms with Gasteiger partial charge in [-0.3, -0.25) is 19.3 Å². The Morgan fingerprint density at radius 3 is 2.35 bits per heavy atom. The average Bonchev–Trinajstić information content (AvgIpc) is 3.63. The molecule has 2 aliphatic rings. The van der Waals surface area contributed by atoms with Crippen molar-refractivity contribution in [2.75, 3.05) is 6.54 Å². The largest absolute Gasteiger partial charge is 0.312 e. The fourth-order valence-electron chi connectivity index (χ4n) is 5.64. The zero-order valence-corrected chi connectivity index (χ0v) is 24.3. The minimum atomic E-state index is -0.279. The molecule has 0 saturated heterocycles. The molecule has 0 N–H and O–H groups in total. The Hall–Kier alpha value is -3.32. The van der Waals surface area contributed by atoms with Crippen LogP contribution in [0.2, 0.25) is 5.02 Å². The van der Waals surface area contributed by atoms with Crippen molar-refractivity contribution < 1.29 is 14.4 Å². The van der Waals surface area contributed by atoms with Gasteiger partial charge in [0, 0.05) is 42.8 Å². The summed E-state index contributed by atoms with van der Waals surface area (Å²) in [6, 6.07) is 12.9. The van der Waals surface area contributed by atoms with Crippen molar-refractivity contribution in [2.45, 2.75) is 84.1 Å². The molecule has 0 bridgehead atoms. The molecule has 5 rings (SSSR count). The molecule has 1 unspecified atom stereocenters. The SMILES string of the molecule is Cc1c(Cl)cccc1CC(=O)CC(CCN1C(=O)c2ccccc2C1=O)c1nnc(CCCC(C)C)n1C1CC1. The molecule has 1 aliphatic heterocycles. The zero-order valence-electron chi connectivity index (χ0n) is 23.5. The molecule has 8 heteroatoms. The van der Waals surface area contributed by atoms with E-state index >= 15 is 0 Å². The Morgan fingerprint density at radius 1 is 1.00 bits per heavy atom. The summed E-state index contributed by atoms with van der Waals surface area (Å²) in [7, 11) is 0. The van der Waals surface area contributed by atoms with E-state index in [-0.39, 0.29) is 42.9 Å². The first-order chi connectivity index (χ1) is 19.2. The van der Waals surface area contributed by atoms with Gasteiger partial charge in [-0.25, -0.2) is 0 Å². The van der Waals surface area contributed by atoms with Gasteiger partial charge in [-0.2, -0.15) is 0 Å². The normalized spacial score (nSPS) is 15.7. The first kappa shape index (κ1) is 28.2. The number of benzene rings is 2. The predicted molar refractivity (Wildman–Crippen MR) is 155 cm³/mol. The predicted octanol–water partition coefficient (Wildman–Crippen LogP) is 6.53. The first-order valence-corrected chi connectivity index (χ1v) is 14.8. The van der Waals surface area contributed by atoms with E-state index in [1.807, 2.05) is 25.1 Å². The summed E-state index contributed by atoms with van der Waals surface area (Å²) in [6.45, 7) is 6.59. The highest BCUT2D eigenvalue weighted by Crippen LogP contribution is 2.40. The molecule has 0 radical (unpaired) electrons. The van der Waals surface area contributed by atoms with Crippen LogP contribution in [-0.2, 0) is 17.6 Å². The van der Waals surface area contributed by atoms with Crippen molar-refractivity contribution >= 4 is 29.2 Å². The Kier molecular flexibility index (Phi) is 8.50. The van der Waals surface area contributed by atoms with Crippen LogP contribution in [0.25, 0.3) is 0 Å². The maximum Gasteiger partial charge on any atom is 0.261 e. The van der Waals surface area contributed by atoms with E-state index in [0.29, 0.717) is 34.5 Å². The molecule has 1 aliphatic carbocycles. The van der Waals surface area contributed by atoms with Crippen LogP contribution in [0.3, 0.4) is 0 Å². The second-order valence-electron chi connectivity index (χ2n) is 11.6. The van der Waals surface area contributed by atoms with Crippen molar-refractivity contribution in [3.63, 3.8) is 0 Å². The van der Waals surface area contributed by atoms with Crippen LogP contribution in [-0.4, -0.2) is 43.8 Å². The number of hydrogen-bond acceptors (Lipinski definition) is 5. The number of imide groups is 1. The molecule has 210 valence electrons. The lowest BCUT2D eigenvalue weighted by Crippen LogP contribution is -2.32. The number of halogens is 1. The van der Waals surface area contributed by atoms with Crippen LogP contribution in [0, 0.1) is 12.8 Å². The summed E-state index contributed by atoms with van der Waals surface area (Å²) in [6.07, 6.45) is 6.13. The van der Waals surface area contributed by atoms with Crippen molar-refractivity contribution in [3.8, 4) is 0 Å². The molecular formula is C32H37ClN4O3. The molecule has 40 heavy (non-hydrogen) atoms. The van der Waals surface area contributed by atoms with Crippen molar-refractivity contribution in [1.29, 1.82) is 0 Å². The van der Waals surface area contributed by atoms with Gasteiger partial charge in [-0.15, -0.1) is 10.2 Å². The Bertz CT molecular complexity index is 1390. The summed E-state index contributed by atoms with van der Waals surface area (Å²) in [5.41, 5.74) is 2.69. The van der Waals surface area contributed by atoms with Gasteiger partial charge in [0.2, 0.25) is 0 Å². The Labute approximate surface area is 240 Å². The monoisotopic (exact) mass is 560 g/mol. The minimum absolute atomic E-state index is 0.0735. The number of hydrogen-bond donors (Lipinski definition) is 0. The lowest BCUT2D eigenvalue weighted by molar-refractivity contribution is -0.118. The Balaban J connectivity index is 1.39. The second kappa shape index (κ2) is 12.0. The third kappa shape index (κ3) is 6.04. The van der Waals surface area contributed by atoms with Gasteiger partial charge in [-0.1, -0.05) is 56.1 Å². The van der Waals surface area contributed by atoms with Crippen molar-refractivity contribution in [1.82, 2.24) is 19.7 Å². The summed E-state index contributed by atoms with van der Waals surface area (Å²) < 4.78 is 2.26. The maximum atomic E-state index is 13.5. The van der Waals surface area contributed by atoms with Crippen LogP contribution >= 0.6 is 11.6 Å². The van der Waals surface area contributed by atoms with Crippen molar-refractivity contribution in [2.24, 2.45) is 5.92 Å². The van der Waals surface area contributed by atoms with E-state index in [9.17, 15) is 14.4 Å². The molecule has 2 heterocycles. The zero-order chi connectivity index (χ0) is 28.4. The molecule has 2 amide bonds. The molecule has 1 saturated carbocycles. The van der Waals surface area contributed by atoms with E-state index < -0.39 is 0 Å². The van der Waals surface area contributed by atoms with Crippen LogP contribution in [0.15, 0.2) is 42.5 Å². The topological polar surface area (TPSA) is 85.2 Å².